The molecule has 0 spiro atoms. The molecule has 0 aliphatic rings. The standard InChI is InChI=1S/C16H17NO2/c1-12(2)14-7-3-4-8-15(14)17-16(18)10-9-13-6-5-11-19-13/h3-12H,1-2H3,(H,17,18). The Bertz CT molecular complexity index is 568. The molecule has 1 amide bonds. The number of carbonyl (C=O) groups excluding carboxylic acids is 1. The van der Waals surface area contributed by atoms with Gasteiger partial charge in [-0.25, -0.2) is 0 Å². The van der Waals surface area contributed by atoms with Crippen LogP contribution in [0.4, 0.5) is 5.69 Å². The Morgan fingerprint density at radius 1 is 1.21 bits per heavy atom. The van der Waals surface area contributed by atoms with Crippen molar-refractivity contribution in [3.05, 3.63) is 60.1 Å². The summed E-state index contributed by atoms with van der Waals surface area (Å²) in [6.07, 6.45) is 4.69. The van der Waals surface area contributed by atoms with Crippen LogP contribution in [0.25, 0.3) is 6.08 Å². The highest BCUT2D eigenvalue weighted by Crippen LogP contribution is 2.23. The normalized spacial score (nSPS) is 11.1. The third-order valence-electron chi connectivity index (χ3n) is 2.78. The van der Waals surface area contributed by atoms with Crippen LogP contribution in [0.3, 0.4) is 0 Å². The minimum atomic E-state index is -0.162. The smallest absolute Gasteiger partial charge is 0.248 e. The number of hydrogen-bond donors (Lipinski definition) is 1. The lowest BCUT2D eigenvalue weighted by molar-refractivity contribution is -0.111. The Morgan fingerprint density at radius 2 is 2.00 bits per heavy atom. The van der Waals surface area contributed by atoms with Gasteiger partial charge in [0.05, 0.1) is 6.26 Å². The number of nitrogens with one attached hydrogen (secondary N) is 1. The zero-order valence-corrected chi connectivity index (χ0v) is 11.1. The lowest BCUT2D eigenvalue weighted by atomic mass is 10.0. The molecule has 0 bridgehead atoms. The highest BCUT2D eigenvalue weighted by atomic mass is 16.3. The second-order valence-electron chi connectivity index (χ2n) is 4.58. The molecule has 2 rings (SSSR count). The Kier molecular flexibility index (Phi) is 4.18. The molecule has 0 saturated heterocycles. The molecule has 3 nitrogen and oxygen atoms in total. The SMILES string of the molecule is CC(C)c1ccccc1NC(=O)C=Cc1ccco1. The van der Waals surface area contributed by atoms with Gasteiger partial charge in [-0.3, -0.25) is 4.79 Å². The van der Waals surface area contributed by atoms with Gasteiger partial charge in [-0.05, 0) is 35.8 Å². The molecular formula is C16H17NO2. The lowest BCUT2D eigenvalue weighted by Gasteiger charge is -2.12. The van der Waals surface area contributed by atoms with Gasteiger partial charge in [-0.15, -0.1) is 0 Å². The summed E-state index contributed by atoms with van der Waals surface area (Å²) in [5.74, 6) is 0.863. The first-order valence-electron chi connectivity index (χ1n) is 6.28. The highest BCUT2D eigenvalue weighted by molar-refractivity contribution is 6.02. The van der Waals surface area contributed by atoms with Crippen molar-refractivity contribution in [3.8, 4) is 0 Å². The van der Waals surface area contributed by atoms with Gasteiger partial charge in [0.1, 0.15) is 5.76 Å². The average molecular weight is 255 g/mol. The van der Waals surface area contributed by atoms with E-state index in [4.69, 9.17) is 4.42 Å². The number of anilines is 1. The molecule has 1 aromatic carbocycles. The molecule has 0 aliphatic carbocycles. The van der Waals surface area contributed by atoms with E-state index in [0.29, 0.717) is 11.7 Å². The lowest BCUT2D eigenvalue weighted by Crippen LogP contribution is -2.10. The molecule has 1 heterocycles. The van der Waals surface area contributed by atoms with Crippen LogP contribution in [-0.4, -0.2) is 5.91 Å². The first-order chi connectivity index (χ1) is 9.16. The van der Waals surface area contributed by atoms with E-state index in [1.807, 2.05) is 24.3 Å². The predicted octanol–water partition coefficient (Wildman–Crippen LogP) is 4.05. The number of benzene rings is 1. The maximum absolute atomic E-state index is 11.8. The van der Waals surface area contributed by atoms with Crippen LogP contribution in [0.2, 0.25) is 0 Å². The number of carbonyl (C=O) groups is 1. The molecule has 0 saturated carbocycles. The Hall–Kier alpha value is -2.29. The third kappa shape index (κ3) is 3.58. The second kappa shape index (κ2) is 6.05. The van der Waals surface area contributed by atoms with Crippen molar-refractivity contribution in [2.75, 3.05) is 5.32 Å². The van der Waals surface area contributed by atoms with Gasteiger partial charge in [0.15, 0.2) is 0 Å². The summed E-state index contributed by atoms with van der Waals surface area (Å²) in [5, 5.41) is 2.89. The monoisotopic (exact) mass is 255 g/mol. The Labute approximate surface area is 112 Å². The summed E-state index contributed by atoms with van der Waals surface area (Å²) < 4.78 is 5.13. The summed E-state index contributed by atoms with van der Waals surface area (Å²) in [6, 6.07) is 11.4. The van der Waals surface area contributed by atoms with Crippen LogP contribution >= 0.6 is 0 Å². The first kappa shape index (κ1) is 13.1. The molecule has 98 valence electrons. The Morgan fingerprint density at radius 3 is 2.68 bits per heavy atom. The van der Waals surface area contributed by atoms with Gasteiger partial charge in [-0.1, -0.05) is 32.0 Å². The molecule has 0 radical (unpaired) electrons. The summed E-state index contributed by atoms with van der Waals surface area (Å²) in [6.45, 7) is 4.20. The van der Waals surface area contributed by atoms with Gasteiger partial charge in [0.25, 0.3) is 0 Å². The van der Waals surface area contributed by atoms with Crippen LogP contribution in [0.1, 0.15) is 31.1 Å². The van der Waals surface area contributed by atoms with Gasteiger partial charge >= 0.3 is 0 Å². The molecule has 3 heteroatoms. The first-order valence-corrected chi connectivity index (χ1v) is 6.28. The van der Waals surface area contributed by atoms with Gasteiger partial charge in [-0.2, -0.15) is 0 Å². The second-order valence-corrected chi connectivity index (χ2v) is 4.58. The van der Waals surface area contributed by atoms with Crippen molar-refractivity contribution in [1.29, 1.82) is 0 Å². The van der Waals surface area contributed by atoms with E-state index in [9.17, 15) is 4.79 Å². The quantitative estimate of drug-likeness (QED) is 0.837. The molecule has 1 aromatic heterocycles. The van der Waals surface area contributed by atoms with Crippen molar-refractivity contribution >= 4 is 17.7 Å². The van der Waals surface area contributed by atoms with Gasteiger partial charge in [0.2, 0.25) is 5.91 Å². The van der Waals surface area contributed by atoms with E-state index in [2.05, 4.69) is 19.2 Å². The van der Waals surface area contributed by atoms with Crippen LogP contribution in [0.5, 0.6) is 0 Å². The minimum Gasteiger partial charge on any atom is -0.465 e. The molecule has 0 unspecified atom stereocenters. The summed E-state index contributed by atoms with van der Waals surface area (Å²) in [5.41, 5.74) is 1.98. The van der Waals surface area contributed by atoms with Crippen molar-refractivity contribution in [2.45, 2.75) is 19.8 Å². The molecule has 2 aromatic rings. The number of amides is 1. The van der Waals surface area contributed by atoms with E-state index in [1.54, 1.807) is 24.5 Å². The largest absolute Gasteiger partial charge is 0.465 e. The van der Waals surface area contributed by atoms with E-state index in [-0.39, 0.29) is 5.91 Å². The summed E-state index contributed by atoms with van der Waals surface area (Å²) >= 11 is 0. The van der Waals surface area contributed by atoms with Crippen LogP contribution < -0.4 is 5.32 Å². The zero-order chi connectivity index (χ0) is 13.7. The van der Waals surface area contributed by atoms with Crippen LogP contribution in [0, 0.1) is 0 Å². The fourth-order valence-electron chi connectivity index (χ4n) is 1.83. The van der Waals surface area contributed by atoms with E-state index in [0.717, 1.165) is 11.3 Å². The van der Waals surface area contributed by atoms with Crippen LogP contribution in [-0.2, 0) is 4.79 Å². The molecule has 19 heavy (non-hydrogen) atoms. The van der Waals surface area contributed by atoms with Crippen molar-refractivity contribution in [1.82, 2.24) is 0 Å². The summed E-state index contributed by atoms with van der Waals surface area (Å²) in [4.78, 5) is 11.8. The topological polar surface area (TPSA) is 42.2 Å². The van der Waals surface area contributed by atoms with Gasteiger partial charge < -0.3 is 9.73 Å². The third-order valence-corrected chi connectivity index (χ3v) is 2.78. The maximum atomic E-state index is 11.8. The number of hydrogen-bond acceptors (Lipinski definition) is 2. The van der Waals surface area contributed by atoms with E-state index in [1.165, 1.54) is 6.08 Å². The van der Waals surface area contributed by atoms with E-state index < -0.39 is 0 Å². The highest BCUT2D eigenvalue weighted by Gasteiger charge is 2.07. The molecule has 1 N–H and O–H groups in total. The van der Waals surface area contributed by atoms with Crippen molar-refractivity contribution < 1.29 is 9.21 Å². The van der Waals surface area contributed by atoms with Gasteiger partial charge in [0, 0.05) is 11.8 Å². The average Bonchev–Trinajstić information content (AvgIpc) is 2.90. The number of furan rings is 1. The van der Waals surface area contributed by atoms with Crippen molar-refractivity contribution in [2.24, 2.45) is 0 Å². The fourth-order valence-corrected chi connectivity index (χ4v) is 1.83. The zero-order valence-electron chi connectivity index (χ0n) is 11.1. The molecule has 0 aliphatic heterocycles. The van der Waals surface area contributed by atoms with Crippen LogP contribution in [0.15, 0.2) is 53.2 Å². The predicted molar refractivity (Wildman–Crippen MR) is 76.9 cm³/mol. The maximum Gasteiger partial charge on any atom is 0.248 e. The summed E-state index contributed by atoms with van der Waals surface area (Å²) in [7, 11) is 0. The minimum absolute atomic E-state index is 0.162. The molecular weight excluding hydrogens is 238 g/mol. The number of para-hydroxylation sites is 1. The number of rotatable bonds is 4. The molecule has 0 atom stereocenters. The van der Waals surface area contributed by atoms with E-state index >= 15 is 0 Å². The fraction of sp³-hybridized carbons (Fsp3) is 0.188. The molecule has 0 fully saturated rings. The Balaban J connectivity index is 2.07. The van der Waals surface area contributed by atoms with Crippen molar-refractivity contribution in [3.63, 3.8) is 0 Å².